The standard InChI is InChI=1S/C15H15N/c1-2-8-13-12(6-1)7-5-11-16-15-10-4-3-9-14(13)15/h1,3-7,9-10,16H,2,8,11H2. The second-order valence-corrected chi connectivity index (χ2v) is 4.20. The van der Waals surface area contributed by atoms with Crippen LogP contribution in [0.15, 0.2) is 54.1 Å². The highest BCUT2D eigenvalue weighted by atomic mass is 14.9. The fourth-order valence-electron chi connectivity index (χ4n) is 2.38. The molecule has 0 saturated heterocycles. The van der Waals surface area contributed by atoms with E-state index in [9.17, 15) is 0 Å². The molecule has 1 aliphatic heterocycles. The van der Waals surface area contributed by atoms with Crippen LogP contribution in [-0.2, 0) is 0 Å². The summed E-state index contributed by atoms with van der Waals surface area (Å²) in [7, 11) is 0. The molecule has 1 heteroatoms. The lowest BCUT2D eigenvalue weighted by Crippen LogP contribution is -2.05. The van der Waals surface area contributed by atoms with Crippen molar-refractivity contribution >= 4 is 11.3 Å². The van der Waals surface area contributed by atoms with Crippen molar-refractivity contribution in [2.45, 2.75) is 12.8 Å². The summed E-state index contributed by atoms with van der Waals surface area (Å²) in [5, 5.41) is 3.45. The predicted molar refractivity (Wildman–Crippen MR) is 69.4 cm³/mol. The third-order valence-corrected chi connectivity index (χ3v) is 3.17. The van der Waals surface area contributed by atoms with Gasteiger partial charge in [-0.05, 0) is 30.1 Å². The Bertz CT molecular complexity index is 492. The highest BCUT2D eigenvalue weighted by Crippen LogP contribution is 2.34. The van der Waals surface area contributed by atoms with Crippen LogP contribution in [0.1, 0.15) is 18.4 Å². The summed E-state index contributed by atoms with van der Waals surface area (Å²) in [6, 6.07) is 8.60. The Morgan fingerprint density at radius 3 is 2.88 bits per heavy atom. The summed E-state index contributed by atoms with van der Waals surface area (Å²) in [5.74, 6) is 0. The molecule has 0 radical (unpaired) electrons. The van der Waals surface area contributed by atoms with Crippen molar-refractivity contribution in [3.8, 4) is 0 Å². The summed E-state index contributed by atoms with van der Waals surface area (Å²) in [6.45, 7) is 0.904. The molecule has 1 heterocycles. The molecule has 0 atom stereocenters. The number of anilines is 1. The van der Waals surface area contributed by atoms with Crippen molar-refractivity contribution < 1.29 is 0 Å². The number of fused-ring (bicyclic) bond motifs is 2. The van der Waals surface area contributed by atoms with Crippen molar-refractivity contribution in [3.63, 3.8) is 0 Å². The van der Waals surface area contributed by atoms with Gasteiger partial charge in [0.2, 0.25) is 0 Å². The summed E-state index contributed by atoms with van der Waals surface area (Å²) in [5.41, 5.74) is 5.47. The van der Waals surface area contributed by atoms with Crippen molar-refractivity contribution in [1.82, 2.24) is 0 Å². The van der Waals surface area contributed by atoms with Gasteiger partial charge in [-0.1, -0.05) is 42.5 Å². The molecule has 2 aliphatic rings. The highest BCUT2D eigenvalue weighted by Gasteiger charge is 2.13. The van der Waals surface area contributed by atoms with Crippen molar-refractivity contribution in [3.05, 3.63) is 59.7 Å². The molecule has 0 spiro atoms. The van der Waals surface area contributed by atoms with Gasteiger partial charge in [0.15, 0.2) is 0 Å². The van der Waals surface area contributed by atoms with Gasteiger partial charge < -0.3 is 5.32 Å². The molecule has 1 aromatic carbocycles. The van der Waals surface area contributed by atoms with Crippen LogP contribution in [-0.4, -0.2) is 6.54 Å². The third kappa shape index (κ3) is 1.58. The molecule has 0 bridgehead atoms. The maximum absolute atomic E-state index is 3.45. The van der Waals surface area contributed by atoms with Crippen LogP contribution in [0, 0.1) is 0 Å². The van der Waals surface area contributed by atoms with Crippen LogP contribution in [0.5, 0.6) is 0 Å². The van der Waals surface area contributed by atoms with E-state index in [1.165, 1.54) is 22.4 Å². The van der Waals surface area contributed by atoms with Crippen molar-refractivity contribution in [2.75, 3.05) is 11.9 Å². The maximum Gasteiger partial charge on any atom is 0.0419 e. The fourth-order valence-corrected chi connectivity index (χ4v) is 2.38. The lowest BCUT2D eigenvalue weighted by Gasteiger charge is -2.20. The average molecular weight is 209 g/mol. The number of nitrogens with one attached hydrogen (secondary N) is 1. The summed E-state index contributed by atoms with van der Waals surface area (Å²) < 4.78 is 0. The first-order valence-electron chi connectivity index (χ1n) is 5.84. The zero-order valence-electron chi connectivity index (χ0n) is 9.24. The van der Waals surface area contributed by atoms with Crippen LogP contribution in [0.4, 0.5) is 5.69 Å². The molecule has 0 unspecified atom stereocenters. The molecule has 0 amide bonds. The molecular weight excluding hydrogens is 194 g/mol. The van der Waals surface area contributed by atoms with E-state index in [-0.39, 0.29) is 0 Å². The quantitative estimate of drug-likeness (QED) is 0.685. The Balaban J connectivity index is 2.20. The van der Waals surface area contributed by atoms with Crippen molar-refractivity contribution in [1.29, 1.82) is 0 Å². The van der Waals surface area contributed by atoms with E-state index in [4.69, 9.17) is 0 Å². The average Bonchev–Trinajstić information content (AvgIpc) is 2.33. The van der Waals surface area contributed by atoms with Gasteiger partial charge in [0.25, 0.3) is 0 Å². The van der Waals surface area contributed by atoms with E-state index in [1.54, 1.807) is 0 Å². The van der Waals surface area contributed by atoms with Gasteiger partial charge >= 0.3 is 0 Å². The normalized spacial score (nSPS) is 18.2. The van der Waals surface area contributed by atoms with Gasteiger partial charge in [-0.15, -0.1) is 0 Å². The van der Waals surface area contributed by atoms with E-state index in [1.807, 2.05) is 0 Å². The molecule has 80 valence electrons. The van der Waals surface area contributed by atoms with Gasteiger partial charge in [0.1, 0.15) is 0 Å². The van der Waals surface area contributed by atoms with Gasteiger partial charge in [-0.2, -0.15) is 0 Å². The predicted octanol–water partition coefficient (Wildman–Crippen LogP) is 3.77. The van der Waals surface area contributed by atoms with E-state index in [2.05, 4.69) is 53.9 Å². The Morgan fingerprint density at radius 1 is 1.00 bits per heavy atom. The highest BCUT2D eigenvalue weighted by molar-refractivity contribution is 5.82. The maximum atomic E-state index is 3.45. The Morgan fingerprint density at radius 2 is 1.88 bits per heavy atom. The zero-order valence-corrected chi connectivity index (χ0v) is 9.24. The van der Waals surface area contributed by atoms with Crippen LogP contribution < -0.4 is 5.32 Å². The number of allylic oxidation sites excluding steroid dienone is 5. The third-order valence-electron chi connectivity index (χ3n) is 3.17. The first-order chi connectivity index (χ1) is 7.95. The van der Waals surface area contributed by atoms with Gasteiger partial charge in [0.05, 0.1) is 0 Å². The second kappa shape index (κ2) is 4.01. The number of hydrogen-bond acceptors (Lipinski definition) is 1. The Labute approximate surface area is 96.2 Å². The minimum atomic E-state index is 0.904. The largest absolute Gasteiger partial charge is 0.381 e. The van der Waals surface area contributed by atoms with Crippen LogP contribution >= 0.6 is 0 Å². The molecule has 1 aliphatic carbocycles. The first-order valence-corrected chi connectivity index (χ1v) is 5.84. The second-order valence-electron chi connectivity index (χ2n) is 4.20. The summed E-state index contributed by atoms with van der Waals surface area (Å²) in [6.07, 6.45) is 11.2. The van der Waals surface area contributed by atoms with E-state index in [0.29, 0.717) is 0 Å². The number of rotatable bonds is 0. The van der Waals surface area contributed by atoms with E-state index in [0.717, 1.165) is 19.4 Å². The molecule has 16 heavy (non-hydrogen) atoms. The lowest BCUT2D eigenvalue weighted by atomic mass is 9.90. The summed E-state index contributed by atoms with van der Waals surface area (Å²) >= 11 is 0. The van der Waals surface area contributed by atoms with Gasteiger partial charge in [0, 0.05) is 17.8 Å². The molecule has 0 saturated carbocycles. The van der Waals surface area contributed by atoms with Gasteiger partial charge in [-0.3, -0.25) is 0 Å². The minimum Gasteiger partial charge on any atom is -0.381 e. The Kier molecular flexibility index (Phi) is 2.37. The van der Waals surface area contributed by atoms with Gasteiger partial charge in [-0.25, -0.2) is 0 Å². The number of benzene rings is 1. The topological polar surface area (TPSA) is 12.0 Å². The van der Waals surface area contributed by atoms with Crippen LogP contribution in [0.2, 0.25) is 0 Å². The molecule has 0 fully saturated rings. The summed E-state index contributed by atoms with van der Waals surface area (Å²) in [4.78, 5) is 0. The van der Waals surface area contributed by atoms with E-state index >= 15 is 0 Å². The Hall–Kier alpha value is -1.76. The molecule has 1 nitrogen and oxygen atoms in total. The SMILES string of the molecule is C1=CC2=C(CC1)c1ccccc1NCC=C2. The molecule has 1 N–H and O–H groups in total. The minimum absolute atomic E-state index is 0.904. The zero-order chi connectivity index (χ0) is 10.8. The molecule has 0 aromatic heterocycles. The van der Waals surface area contributed by atoms with Crippen LogP contribution in [0.3, 0.4) is 0 Å². The molecule has 1 aromatic rings. The number of para-hydroxylation sites is 1. The molecule has 3 rings (SSSR count). The lowest BCUT2D eigenvalue weighted by molar-refractivity contribution is 1.04. The monoisotopic (exact) mass is 209 g/mol. The van der Waals surface area contributed by atoms with Crippen LogP contribution in [0.25, 0.3) is 5.57 Å². The van der Waals surface area contributed by atoms with E-state index < -0.39 is 0 Å². The fraction of sp³-hybridized carbons (Fsp3) is 0.200. The molecular formula is C15H15N. The number of hydrogen-bond donors (Lipinski definition) is 1. The first kappa shape index (κ1) is 9.46. The van der Waals surface area contributed by atoms with Crippen molar-refractivity contribution in [2.24, 2.45) is 0 Å². The smallest absolute Gasteiger partial charge is 0.0419 e.